The lowest BCUT2D eigenvalue weighted by Crippen LogP contribution is -2.28. The van der Waals surface area contributed by atoms with Gasteiger partial charge in [-0.05, 0) is 24.1 Å². The van der Waals surface area contributed by atoms with Crippen LogP contribution in [-0.4, -0.2) is 47.9 Å². The number of halogens is 1. The first-order valence-electron chi connectivity index (χ1n) is 9.20. The minimum atomic E-state index is -0.0552. The molecule has 2 aromatic carbocycles. The summed E-state index contributed by atoms with van der Waals surface area (Å²) in [5.41, 5.74) is 3.24. The molecule has 0 atom stereocenters. The fourth-order valence-electron chi connectivity index (χ4n) is 3.00. The van der Waals surface area contributed by atoms with E-state index >= 15 is 0 Å². The molecule has 6 heteroatoms. The number of benzene rings is 2. The van der Waals surface area contributed by atoms with Gasteiger partial charge in [-0.2, -0.15) is 5.10 Å². The number of nitrogens with zero attached hydrogens (tertiary/aromatic N) is 3. The Morgan fingerprint density at radius 2 is 1.86 bits per heavy atom. The van der Waals surface area contributed by atoms with Gasteiger partial charge >= 0.3 is 0 Å². The van der Waals surface area contributed by atoms with Gasteiger partial charge in [0.25, 0.3) is 5.91 Å². The van der Waals surface area contributed by atoms with Gasteiger partial charge in [0.15, 0.2) is 0 Å². The number of carbonyl (C=O) groups is 1. The van der Waals surface area contributed by atoms with E-state index in [-0.39, 0.29) is 5.91 Å². The maximum absolute atomic E-state index is 13.1. The van der Waals surface area contributed by atoms with Crippen LogP contribution in [0.2, 0.25) is 5.02 Å². The van der Waals surface area contributed by atoms with Gasteiger partial charge in [-0.25, -0.2) is 0 Å². The average Bonchev–Trinajstić information content (AvgIpc) is 3.12. The van der Waals surface area contributed by atoms with Crippen molar-refractivity contribution in [3.05, 3.63) is 76.9 Å². The highest BCUT2D eigenvalue weighted by molar-refractivity contribution is 6.30. The van der Waals surface area contributed by atoms with Crippen molar-refractivity contribution in [1.82, 2.24) is 14.7 Å². The molecule has 0 unspecified atom stereocenters. The van der Waals surface area contributed by atoms with Gasteiger partial charge in [-0.15, -0.1) is 0 Å². The summed E-state index contributed by atoms with van der Waals surface area (Å²) in [6, 6.07) is 17.5. The summed E-state index contributed by atoms with van der Waals surface area (Å²) >= 11 is 6.02. The van der Waals surface area contributed by atoms with Crippen LogP contribution < -0.4 is 0 Å². The van der Waals surface area contributed by atoms with Crippen molar-refractivity contribution in [3.8, 4) is 11.3 Å². The van der Waals surface area contributed by atoms with Crippen molar-refractivity contribution in [2.24, 2.45) is 0 Å². The lowest BCUT2D eigenvalue weighted by Gasteiger charge is -2.16. The number of amides is 1. The number of rotatable bonds is 8. The summed E-state index contributed by atoms with van der Waals surface area (Å²) in [5.74, 6) is -0.0552. The van der Waals surface area contributed by atoms with Crippen molar-refractivity contribution in [2.45, 2.75) is 13.0 Å². The molecule has 0 fully saturated rings. The molecule has 1 aromatic heterocycles. The topological polar surface area (TPSA) is 47.4 Å². The summed E-state index contributed by atoms with van der Waals surface area (Å²) in [6.45, 7) is 1.84. The number of carbonyl (C=O) groups excluding carboxylic acids is 1. The van der Waals surface area contributed by atoms with Gasteiger partial charge in [-0.1, -0.05) is 54.1 Å². The lowest BCUT2D eigenvalue weighted by molar-refractivity contribution is 0.0780. The molecular formula is C22H24ClN3O2. The zero-order valence-electron chi connectivity index (χ0n) is 16.1. The zero-order valence-corrected chi connectivity index (χ0v) is 16.9. The van der Waals surface area contributed by atoms with Gasteiger partial charge in [0, 0.05) is 44.1 Å². The van der Waals surface area contributed by atoms with E-state index in [1.54, 1.807) is 19.1 Å². The van der Waals surface area contributed by atoms with Crippen LogP contribution in [0.15, 0.2) is 60.8 Å². The Balaban J connectivity index is 1.91. The summed E-state index contributed by atoms with van der Waals surface area (Å²) in [4.78, 5) is 14.8. The van der Waals surface area contributed by atoms with Gasteiger partial charge in [0.2, 0.25) is 0 Å². The van der Waals surface area contributed by atoms with Crippen LogP contribution in [0.1, 0.15) is 22.3 Å². The fraction of sp³-hybridized carbons (Fsp3) is 0.273. The third-order valence-electron chi connectivity index (χ3n) is 4.49. The standard InChI is InChI=1S/C22H24ClN3O2/c1-25(13-6-14-28-2)22(27)20-16-26(15-17-7-4-3-5-8-17)24-21(20)18-9-11-19(23)12-10-18/h3-5,7-12,16H,6,13-15H2,1-2H3. The van der Waals surface area contributed by atoms with Crippen molar-refractivity contribution in [1.29, 1.82) is 0 Å². The third-order valence-corrected chi connectivity index (χ3v) is 4.74. The molecule has 0 N–H and O–H groups in total. The first-order valence-corrected chi connectivity index (χ1v) is 9.58. The highest BCUT2D eigenvalue weighted by atomic mass is 35.5. The fourth-order valence-corrected chi connectivity index (χ4v) is 3.13. The summed E-state index contributed by atoms with van der Waals surface area (Å²) in [5, 5.41) is 5.36. The quantitative estimate of drug-likeness (QED) is 0.530. The highest BCUT2D eigenvalue weighted by Gasteiger charge is 2.21. The van der Waals surface area contributed by atoms with Crippen molar-refractivity contribution >= 4 is 17.5 Å². The van der Waals surface area contributed by atoms with E-state index in [0.717, 1.165) is 17.5 Å². The molecule has 0 bridgehead atoms. The van der Waals surface area contributed by atoms with E-state index in [2.05, 4.69) is 0 Å². The number of hydrogen-bond acceptors (Lipinski definition) is 3. The number of methoxy groups -OCH3 is 1. The Bertz CT molecular complexity index is 907. The predicted octanol–water partition coefficient (Wildman–Crippen LogP) is 4.36. The van der Waals surface area contributed by atoms with Crippen LogP contribution in [0.5, 0.6) is 0 Å². The molecule has 5 nitrogen and oxygen atoms in total. The summed E-state index contributed by atoms with van der Waals surface area (Å²) in [6.07, 6.45) is 2.61. The molecule has 3 rings (SSSR count). The largest absolute Gasteiger partial charge is 0.385 e. The van der Waals surface area contributed by atoms with Crippen LogP contribution in [0.4, 0.5) is 0 Å². The van der Waals surface area contributed by atoms with Crippen LogP contribution in [0, 0.1) is 0 Å². The number of ether oxygens (including phenoxy) is 1. The molecule has 1 amide bonds. The third kappa shape index (κ3) is 5.00. The predicted molar refractivity (Wildman–Crippen MR) is 112 cm³/mol. The second-order valence-corrected chi connectivity index (χ2v) is 7.09. The van der Waals surface area contributed by atoms with Crippen LogP contribution in [0.25, 0.3) is 11.3 Å². The molecule has 0 saturated carbocycles. The Morgan fingerprint density at radius 3 is 2.54 bits per heavy atom. The second-order valence-electron chi connectivity index (χ2n) is 6.65. The van der Waals surface area contributed by atoms with Gasteiger partial charge in [0.05, 0.1) is 12.1 Å². The van der Waals surface area contributed by atoms with E-state index in [0.29, 0.717) is 36.0 Å². The molecule has 146 valence electrons. The number of hydrogen-bond donors (Lipinski definition) is 0. The minimum Gasteiger partial charge on any atom is -0.385 e. The van der Waals surface area contributed by atoms with Gasteiger partial charge < -0.3 is 9.64 Å². The molecule has 0 saturated heterocycles. The molecular weight excluding hydrogens is 374 g/mol. The monoisotopic (exact) mass is 397 g/mol. The first-order chi connectivity index (χ1) is 13.6. The van der Waals surface area contributed by atoms with E-state index in [9.17, 15) is 4.79 Å². The zero-order chi connectivity index (χ0) is 19.9. The maximum atomic E-state index is 13.1. The molecule has 28 heavy (non-hydrogen) atoms. The van der Waals surface area contributed by atoms with Crippen LogP contribution >= 0.6 is 11.6 Å². The lowest BCUT2D eigenvalue weighted by atomic mass is 10.1. The summed E-state index contributed by atoms with van der Waals surface area (Å²) < 4.78 is 6.90. The molecule has 0 aliphatic rings. The minimum absolute atomic E-state index is 0.0552. The van der Waals surface area contributed by atoms with Gasteiger partial charge in [0.1, 0.15) is 5.69 Å². The molecule has 0 aliphatic heterocycles. The average molecular weight is 398 g/mol. The van der Waals surface area contributed by atoms with E-state index < -0.39 is 0 Å². The SMILES string of the molecule is COCCCN(C)C(=O)c1cn(Cc2ccccc2)nc1-c1ccc(Cl)cc1. The Labute approximate surface area is 170 Å². The van der Waals surface area contributed by atoms with E-state index in [1.807, 2.05) is 65.5 Å². The van der Waals surface area contributed by atoms with E-state index in [4.69, 9.17) is 21.4 Å². The second kappa shape index (κ2) is 9.53. The number of aromatic nitrogens is 2. The smallest absolute Gasteiger partial charge is 0.257 e. The molecule has 0 spiro atoms. The Hall–Kier alpha value is -2.63. The molecule has 3 aromatic rings. The van der Waals surface area contributed by atoms with Crippen molar-refractivity contribution < 1.29 is 9.53 Å². The Kier molecular flexibility index (Phi) is 6.85. The van der Waals surface area contributed by atoms with Crippen molar-refractivity contribution in [3.63, 3.8) is 0 Å². The maximum Gasteiger partial charge on any atom is 0.257 e. The van der Waals surface area contributed by atoms with Crippen molar-refractivity contribution in [2.75, 3.05) is 27.3 Å². The highest BCUT2D eigenvalue weighted by Crippen LogP contribution is 2.25. The van der Waals surface area contributed by atoms with Crippen LogP contribution in [-0.2, 0) is 11.3 Å². The first kappa shape index (κ1) is 20.1. The molecule has 0 aliphatic carbocycles. The molecule has 1 heterocycles. The van der Waals surface area contributed by atoms with Gasteiger partial charge in [-0.3, -0.25) is 9.48 Å². The van der Waals surface area contributed by atoms with Crippen LogP contribution in [0.3, 0.4) is 0 Å². The Morgan fingerprint density at radius 1 is 1.14 bits per heavy atom. The normalized spacial score (nSPS) is 10.8. The van der Waals surface area contributed by atoms with E-state index in [1.165, 1.54) is 0 Å². The molecule has 0 radical (unpaired) electrons. The summed E-state index contributed by atoms with van der Waals surface area (Å²) in [7, 11) is 3.46.